The average molecular weight is 251 g/mol. The number of rotatable bonds is 4. The van der Waals surface area contributed by atoms with E-state index in [1.165, 1.54) is 0 Å². The first-order valence-corrected chi connectivity index (χ1v) is 5.05. The van der Waals surface area contributed by atoms with Crippen LogP contribution in [-0.4, -0.2) is 18.3 Å². The van der Waals surface area contributed by atoms with Gasteiger partial charge >= 0.3 is 6.18 Å². The van der Waals surface area contributed by atoms with Crippen LogP contribution in [0.4, 0.5) is 17.6 Å². The lowest BCUT2D eigenvalue weighted by molar-refractivity contribution is -0.138. The summed E-state index contributed by atoms with van der Waals surface area (Å²) in [5.41, 5.74) is 4.24. The molecule has 0 aliphatic carbocycles. The highest BCUT2D eigenvalue weighted by atomic mass is 19.4. The Morgan fingerprint density at radius 3 is 2.41 bits per heavy atom. The molecule has 0 heterocycles. The summed E-state index contributed by atoms with van der Waals surface area (Å²) in [6, 6.07) is 2.51. The molecule has 0 saturated carbocycles. The van der Waals surface area contributed by atoms with Gasteiger partial charge in [0.2, 0.25) is 0 Å². The number of aliphatic hydroxyl groups excluding tert-OH is 1. The molecule has 3 N–H and O–H groups in total. The second-order valence-electron chi connectivity index (χ2n) is 3.79. The normalized spacial score (nSPS) is 13.8. The van der Waals surface area contributed by atoms with Gasteiger partial charge in [-0.1, -0.05) is 6.07 Å². The number of benzene rings is 1. The Balaban J connectivity index is 3.06. The van der Waals surface area contributed by atoms with E-state index in [4.69, 9.17) is 10.8 Å². The highest BCUT2D eigenvalue weighted by molar-refractivity contribution is 5.30. The topological polar surface area (TPSA) is 46.2 Å². The lowest BCUT2D eigenvalue weighted by atomic mass is 9.95. The molecule has 2 nitrogen and oxygen atoms in total. The van der Waals surface area contributed by atoms with E-state index in [9.17, 15) is 17.6 Å². The van der Waals surface area contributed by atoms with Crippen LogP contribution in [0.3, 0.4) is 0 Å². The van der Waals surface area contributed by atoms with Gasteiger partial charge in [-0.3, -0.25) is 0 Å². The van der Waals surface area contributed by atoms with Crippen molar-refractivity contribution in [1.82, 2.24) is 0 Å². The maximum atomic E-state index is 12.8. The van der Waals surface area contributed by atoms with Crippen molar-refractivity contribution in [1.29, 1.82) is 0 Å². The molecule has 0 aliphatic heterocycles. The highest BCUT2D eigenvalue weighted by Crippen LogP contribution is 2.33. The number of nitrogens with two attached hydrogens (primary N) is 1. The van der Waals surface area contributed by atoms with Gasteiger partial charge in [-0.2, -0.15) is 13.2 Å². The van der Waals surface area contributed by atoms with Gasteiger partial charge in [-0.15, -0.1) is 0 Å². The predicted octanol–water partition coefficient (Wildman–Crippen LogP) is 1.95. The lowest BCUT2D eigenvalue weighted by Crippen LogP contribution is -2.22. The minimum Gasteiger partial charge on any atom is -0.396 e. The molecule has 1 aromatic carbocycles. The minimum absolute atomic E-state index is 0.0257. The molecule has 96 valence electrons. The molecule has 0 fully saturated rings. The molecule has 0 radical (unpaired) electrons. The second-order valence-corrected chi connectivity index (χ2v) is 3.79. The summed E-state index contributed by atoms with van der Waals surface area (Å²) in [5, 5.41) is 8.90. The van der Waals surface area contributed by atoms with E-state index in [-0.39, 0.29) is 25.1 Å². The predicted molar refractivity (Wildman–Crippen MR) is 54.7 cm³/mol. The molecule has 0 spiro atoms. The molecule has 0 aromatic heterocycles. The van der Waals surface area contributed by atoms with E-state index in [0.717, 1.165) is 12.1 Å². The molecule has 17 heavy (non-hydrogen) atoms. The smallest absolute Gasteiger partial charge is 0.396 e. The summed E-state index contributed by atoms with van der Waals surface area (Å²) in [4.78, 5) is 0. The molecule has 1 aromatic rings. The second kappa shape index (κ2) is 5.46. The third-order valence-corrected chi connectivity index (χ3v) is 2.48. The zero-order valence-electron chi connectivity index (χ0n) is 8.97. The van der Waals surface area contributed by atoms with Crippen molar-refractivity contribution >= 4 is 0 Å². The van der Waals surface area contributed by atoms with Gasteiger partial charge in [0.25, 0.3) is 0 Å². The summed E-state index contributed by atoms with van der Waals surface area (Å²) in [5.74, 6) is -1.39. The van der Waals surface area contributed by atoms with E-state index in [0.29, 0.717) is 6.07 Å². The van der Waals surface area contributed by atoms with Crippen LogP contribution < -0.4 is 5.73 Å². The zero-order valence-corrected chi connectivity index (χ0v) is 8.97. The number of hydrogen-bond donors (Lipinski definition) is 2. The fraction of sp³-hybridized carbons (Fsp3) is 0.455. The number of alkyl halides is 3. The average Bonchev–Trinajstić information content (AvgIpc) is 2.26. The van der Waals surface area contributed by atoms with Crippen molar-refractivity contribution in [3.63, 3.8) is 0 Å². The fourth-order valence-electron chi connectivity index (χ4n) is 1.52. The van der Waals surface area contributed by atoms with Gasteiger partial charge in [0.05, 0.1) is 5.56 Å². The van der Waals surface area contributed by atoms with Crippen LogP contribution in [0.15, 0.2) is 18.2 Å². The van der Waals surface area contributed by atoms with Gasteiger partial charge in [0.15, 0.2) is 0 Å². The van der Waals surface area contributed by atoms with Crippen LogP contribution in [0.5, 0.6) is 0 Å². The van der Waals surface area contributed by atoms with Gasteiger partial charge < -0.3 is 10.8 Å². The van der Waals surface area contributed by atoms with Crippen LogP contribution in [0.1, 0.15) is 11.1 Å². The summed E-state index contributed by atoms with van der Waals surface area (Å²) in [6.07, 6.45) is -4.63. The first-order chi connectivity index (χ1) is 7.88. The molecule has 1 unspecified atom stereocenters. The van der Waals surface area contributed by atoms with Crippen LogP contribution in [-0.2, 0) is 12.6 Å². The van der Waals surface area contributed by atoms with Gasteiger partial charge in [0.1, 0.15) is 5.82 Å². The zero-order chi connectivity index (χ0) is 13.1. The van der Waals surface area contributed by atoms with Crippen LogP contribution in [0.25, 0.3) is 0 Å². The molecular formula is C11H13F4NO. The number of aliphatic hydroxyl groups is 1. The molecule has 0 bridgehead atoms. The summed E-state index contributed by atoms with van der Waals surface area (Å²) in [6.45, 7) is -0.226. The Labute approximate surface area is 96.1 Å². The third kappa shape index (κ3) is 3.67. The largest absolute Gasteiger partial charge is 0.416 e. The molecule has 1 atom stereocenters. The van der Waals surface area contributed by atoms with Crippen molar-refractivity contribution in [3.8, 4) is 0 Å². The van der Waals surface area contributed by atoms with Crippen LogP contribution in [0.2, 0.25) is 0 Å². The standard InChI is InChI=1S/C11H13F4NO/c12-9-2-1-8(3-7(5-16)6-17)10(4-9)11(13,14)15/h1-2,4,7,17H,3,5-6,16H2. The van der Waals surface area contributed by atoms with E-state index in [1.807, 2.05) is 0 Å². The first kappa shape index (κ1) is 13.9. The quantitative estimate of drug-likeness (QED) is 0.803. The van der Waals surface area contributed by atoms with Crippen molar-refractivity contribution in [3.05, 3.63) is 35.1 Å². The summed E-state index contributed by atoms with van der Waals surface area (Å²) < 4.78 is 50.7. The first-order valence-electron chi connectivity index (χ1n) is 5.05. The minimum atomic E-state index is -4.61. The fourth-order valence-corrected chi connectivity index (χ4v) is 1.52. The number of halogens is 4. The van der Waals surface area contributed by atoms with Crippen molar-refractivity contribution in [2.45, 2.75) is 12.6 Å². The number of hydrogen-bond acceptors (Lipinski definition) is 2. The lowest BCUT2D eigenvalue weighted by Gasteiger charge is -2.16. The van der Waals surface area contributed by atoms with Crippen molar-refractivity contribution in [2.75, 3.05) is 13.2 Å². The van der Waals surface area contributed by atoms with E-state index >= 15 is 0 Å². The Hall–Kier alpha value is -1.14. The molecule has 0 amide bonds. The SMILES string of the molecule is NCC(CO)Cc1ccc(F)cc1C(F)(F)F. The maximum Gasteiger partial charge on any atom is 0.416 e. The highest BCUT2D eigenvalue weighted by Gasteiger charge is 2.34. The summed E-state index contributed by atoms with van der Waals surface area (Å²) >= 11 is 0. The third-order valence-electron chi connectivity index (χ3n) is 2.48. The monoisotopic (exact) mass is 251 g/mol. The Bertz CT molecular complexity index is 374. The Kier molecular flexibility index (Phi) is 4.47. The molecule has 0 aliphatic rings. The summed E-state index contributed by atoms with van der Waals surface area (Å²) in [7, 11) is 0. The van der Waals surface area contributed by atoms with Crippen LogP contribution in [0, 0.1) is 11.7 Å². The van der Waals surface area contributed by atoms with Gasteiger partial charge in [0, 0.05) is 6.61 Å². The van der Waals surface area contributed by atoms with Crippen LogP contribution >= 0.6 is 0 Å². The molecular weight excluding hydrogens is 238 g/mol. The molecule has 1 rings (SSSR count). The van der Waals surface area contributed by atoms with Gasteiger partial charge in [-0.05, 0) is 36.6 Å². The Morgan fingerprint density at radius 1 is 1.29 bits per heavy atom. The maximum absolute atomic E-state index is 12.8. The van der Waals surface area contributed by atoms with Crippen molar-refractivity contribution in [2.24, 2.45) is 11.7 Å². The van der Waals surface area contributed by atoms with E-state index in [2.05, 4.69) is 0 Å². The van der Waals surface area contributed by atoms with E-state index in [1.54, 1.807) is 0 Å². The molecule has 0 saturated heterocycles. The Morgan fingerprint density at radius 2 is 1.94 bits per heavy atom. The van der Waals surface area contributed by atoms with Crippen molar-refractivity contribution < 1.29 is 22.7 Å². The van der Waals surface area contributed by atoms with Gasteiger partial charge in [-0.25, -0.2) is 4.39 Å². The molecule has 6 heteroatoms. The van der Waals surface area contributed by atoms with E-state index < -0.39 is 23.5 Å².